The summed E-state index contributed by atoms with van der Waals surface area (Å²) in [6.07, 6.45) is 35.9. The zero-order valence-electron chi connectivity index (χ0n) is 53.0. The summed E-state index contributed by atoms with van der Waals surface area (Å²) in [5.41, 5.74) is 4.56. The van der Waals surface area contributed by atoms with Crippen LogP contribution in [0.1, 0.15) is 257 Å². The number of nitrogens with one attached hydrogen (secondary N) is 1. The van der Waals surface area contributed by atoms with Crippen LogP contribution in [0, 0.1) is 0 Å². The van der Waals surface area contributed by atoms with E-state index in [0.717, 1.165) is 92.3 Å². The van der Waals surface area contributed by atoms with Gasteiger partial charge >= 0.3 is 19.8 Å². The molecule has 2 atom stereocenters. The van der Waals surface area contributed by atoms with Crippen LogP contribution in [0.25, 0.3) is 33.4 Å². The Bertz CT molecular complexity index is 2510. The van der Waals surface area contributed by atoms with E-state index >= 15 is 0 Å². The highest BCUT2D eigenvalue weighted by molar-refractivity contribution is 7.47. The van der Waals surface area contributed by atoms with Gasteiger partial charge in [0.1, 0.15) is 31.0 Å². The third kappa shape index (κ3) is 29.0. The highest BCUT2D eigenvalue weighted by Crippen LogP contribution is 2.44. The third-order valence-corrected chi connectivity index (χ3v) is 17.1. The number of ether oxygens (including phenoxy) is 2. The quantitative estimate of drug-likeness (QED) is 0.0143. The molecule has 15 heteroatoms. The molecule has 0 saturated heterocycles. The summed E-state index contributed by atoms with van der Waals surface area (Å²) in [5, 5.41) is 4.76. The molecule has 84 heavy (non-hydrogen) atoms. The highest BCUT2D eigenvalue weighted by atomic mass is 35.5. The molecule has 0 fully saturated rings. The Labute approximate surface area is 513 Å². The Morgan fingerprint density at radius 1 is 0.583 bits per heavy atom. The highest BCUT2D eigenvalue weighted by Gasteiger charge is 2.27. The van der Waals surface area contributed by atoms with Crippen molar-refractivity contribution >= 4 is 42.3 Å². The minimum Gasteiger partial charge on any atom is -1.00 e. The van der Waals surface area contributed by atoms with Gasteiger partial charge in [0.2, 0.25) is 5.36 Å². The molecule has 474 valence electrons. The van der Waals surface area contributed by atoms with Crippen molar-refractivity contribution in [3.05, 3.63) is 71.6 Å². The predicted octanol–water partition coefficient (Wildman–Crippen LogP) is 14.7. The number of anilines is 1. The normalized spacial score (nSPS) is 12.5. The lowest BCUT2D eigenvalue weighted by atomic mass is 9.90. The van der Waals surface area contributed by atoms with Crippen LogP contribution in [0.15, 0.2) is 65.1 Å². The molecule has 0 aromatic heterocycles. The Morgan fingerprint density at radius 3 is 1.60 bits per heavy atom. The van der Waals surface area contributed by atoms with E-state index in [0.29, 0.717) is 35.3 Å². The van der Waals surface area contributed by atoms with E-state index in [4.69, 9.17) is 22.9 Å². The van der Waals surface area contributed by atoms with E-state index in [1.165, 1.54) is 141 Å². The lowest BCUT2D eigenvalue weighted by Gasteiger charge is -2.22. The number of phosphoric ester groups is 1. The van der Waals surface area contributed by atoms with Crippen LogP contribution in [-0.4, -0.2) is 81.4 Å². The van der Waals surface area contributed by atoms with E-state index in [1.54, 1.807) is 12.1 Å². The van der Waals surface area contributed by atoms with Crippen molar-refractivity contribution in [1.29, 1.82) is 0 Å². The van der Waals surface area contributed by atoms with Gasteiger partial charge in [-0.2, -0.15) is 0 Å². The second kappa shape index (κ2) is 45.1. The molecular formula is C69H111ClN3O10P. The first-order valence-corrected chi connectivity index (χ1v) is 34.7. The summed E-state index contributed by atoms with van der Waals surface area (Å²) in [4.78, 5) is 53.2. The number of esters is 2. The van der Waals surface area contributed by atoms with Gasteiger partial charge in [-0.3, -0.25) is 23.4 Å². The summed E-state index contributed by atoms with van der Waals surface area (Å²) < 4.78 is 44.2. The van der Waals surface area contributed by atoms with Crippen molar-refractivity contribution in [1.82, 2.24) is 9.89 Å². The second-order valence-electron chi connectivity index (χ2n) is 22.8. The molecule has 1 aliphatic carbocycles. The van der Waals surface area contributed by atoms with Gasteiger partial charge < -0.3 is 41.4 Å². The zero-order valence-corrected chi connectivity index (χ0v) is 54.6. The summed E-state index contributed by atoms with van der Waals surface area (Å²) in [5.74, 6) is -0.599. The Balaban J connectivity index is 0.0000185. The average molecular weight is 1210 g/mol. The Kier molecular flexibility index (Phi) is 39.7. The molecule has 1 unspecified atom stereocenters. The van der Waals surface area contributed by atoms with Gasteiger partial charge in [-0.25, -0.2) is 9.14 Å². The number of hydrogen-bond acceptors (Lipinski definition) is 10. The first kappa shape index (κ1) is 74.0. The standard InChI is InChI=1S/C69H110N3O10P.ClH/c1-7-13-15-17-19-21-23-25-27-29-31-33-35-37-39-45-66(73)78-55-59(81-67(74)46-40-38-36-34-32-30-28-26-24-22-20-18-16-14-8-2)56-80-83(76,77)79-52-51-70-69(75)61-44-42-41-43-60(61)68-62-49-47-57(71(9-3)10-4)53-64(62)82-65-54-58(48-50-63(65)68)72(11-5)12-6;/h41-44,47-50,53-54,59H,7-40,45-46,51-52,55-56H2,1-6H3,(H-,70,75,76,77);1H/t59-;/m1./s1. The fourth-order valence-electron chi connectivity index (χ4n) is 11.2. The van der Waals surface area contributed by atoms with E-state index < -0.39 is 38.4 Å². The fraction of sp³-hybridized carbons (Fsp3) is 0.681. The van der Waals surface area contributed by atoms with Gasteiger partial charge in [-0.05, 0) is 70.4 Å². The molecule has 0 spiro atoms. The average Bonchev–Trinajstić information content (AvgIpc) is 2.58. The second-order valence-corrected chi connectivity index (χ2v) is 24.2. The molecule has 1 amide bonds. The summed E-state index contributed by atoms with van der Waals surface area (Å²) >= 11 is 0. The van der Waals surface area contributed by atoms with Gasteiger partial charge in [0.05, 0.1) is 19.3 Å². The van der Waals surface area contributed by atoms with Gasteiger partial charge in [-0.15, -0.1) is 0 Å². The number of phosphoric acid groups is 1. The van der Waals surface area contributed by atoms with Crippen molar-refractivity contribution in [2.75, 3.05) is 57.4 Å². The molecule has 4 rings (SSSR count). The largest absolute Gasteiger partial charge is 1.00 e. The summed E-state index contributed by atoms with van der Waals surface area (Å²) in [6, 6.07) is 19.8. The molecule has 2 aliphatic rings. The third-order valence-electron chi connectivity index (χ3n) is 16.2. The first-order valence-electron chi connectivity index (χ1n) is 33.2. The van der Waals surface area contributed by atoms with Crippen LogP contribution in [0.4, 0.5) is 5.69 Å². The van der Waals surface area contributed by atoms with Crippen LogP contribution < -0.4 is 32.6 Å². The molecule has 0 saturated carbocycles. The van der Waals surface area contributed by atoms with Crippen LogP contribution in [-0.2, 0) is 32.7 Å². The van der Waals surface area contributed by atoms with E-state index in [-0.39, 0.29) is 45.0 Å². The molecule has 2 aromatic carbocycles. The van der Waals surface area contributed by atoms with Gasteiger partial charge in [0, 0.05) is 72.4 Å². The number of benzene rings is 3. The molecule has 0 bridgehead atoms. The number of nitrogens with zero attached hydrogens (tertiary/aromatic N) is 2. The molecule has 1 aliphatic heterocycles. The van der Waals surface area contributed by atoms with E-state index in [9.17, 15) is 23.8 Å². The number of carbonyl (C=O) groups excluding carboxylic acids is 3. The molecule has 1 heterocycles. The number of carbonyl (C=O) groups is 3. The Hall–Kier alpha value is -4.26. The fourth-order valence-corrected chi connectivity index (χ4v) is 11.9. The SMILES string of the molecule is CCCCCCCCCCCCCCCCCC(=O)OC[C@H](COP(=O)(O)OCCNC(=O)c1ccccc1-c1c2ccc(=[N+](CC)CC)cc-2oc2cc(N(CC)CC)ccc12)OC(=O)CCCCCCCCCCCCCCCCC.[Cl-]. The van der Waals surface area contributed by atoms with E-state index in [2.05, 4.69) is 92.7 Å². The van der Waals surface area contributed by atoms with Crippen LogP contribution >= 0.6 is 7.82 Å². The lowest BCUT2D eigenvalue weighted by Crippen LogP contribution is -3.00. The topological polar surface area (TPSA) is 157 Å². The summed E-state index contributed by atoms with van der Waals surface area (Å²) in [7, 11) is -4.71. The zero-order chi connectivity index (χ0) is 59.8. The number of hydrogen-bond donors (Lipinski definition) is 2. The number of halogens is 1. The van der Waals surface area contributed by atoms with Crippen LogP contribution in [0.2, 0.25) is 0 Å². The number of fused-ring (bicyclic) bond motifs is 2. The first-order chi connectivity index (χ1) is 40.5. The number of amides is 1. The number of unbranched alkanes of at least 4 members (excludes halogenated alkanes) is 28. The molecule has 0 radical (unpaired) electrons. The molecular weight excluding hydrogens is 1100 g/mol. The lowest BCUT2D eigenvalue weighted by molar-refractivity contribution is -0.161. The molecule has 2 aromatic rings. The number of rotatable bonds is 49. The van der Waals surface area contributed by atoms with Crippen molar-refractivity contribution in [2.24, 2.45) is 0 Å². The maximum absolute atomic E-state index is 14.1. The maximum atomic E-state index is 14.1. The van der Waals surface area contributed by atoms with Crippen molar-refractivity contribution in [2.45, 2.75) is 253 Å². The van der Waals surface area contributed by atoms with Gasteiger partial charge in [-0.1, -0.05) is 212 Å². The Morgan fingerprint density at radius 2 is 1.08 bits per heavy atom. The molecule has 2 N–H and O–H groups in total. The predicted molar refractivity (Wildman–Crippen MR) is 342 cm³/mol. The van der Waals surface area contributed by atoms with Crippen LogP contribution in [0.5, 0.6) is 0 Å². The van der Waals surface area contributed by atoms with Crippen LogP contribution in [0.3, 0.4) is 0 Å². The van der Waals surface area contributed by atoms with Crippen molar-refractivity contribution in [3.8, 4) is 22.5 Å². The minimum atomic E-state index is -4.71. The summed E-state index contributed by atoms with van der Waals surface area (Å²) in [6.45, 7) is 15.1. The maximum Gasteiger partial charge on any atom is 0.472 e. The molecule has 13 nitrogen and oxygen atoms in total. The monoisotopic (exact) mass is 1210 g/mol. The van der Waals surface area contributed by atoms with Gasteiger partial charge in [0.15, 0.2) is 6.10 Å². The minimum absolute atomic E-state index is 0. The smallest absolute Gasteiger partial charge is 0.472 e. The van der Waals surface area contributed by atoms with Crippen molar-refractivity contribution in [3.63, 3.8) is 0 Å². The van der Waals surface area contributed by atoms with E-state index in [1.807, 2.05) is 12.1 Å². The van der Waals surface area contributed by atoms with Crippen molar-refractivity contribution < 1.29 is 59.2 Å². The van der Waals surface area contributed by atoms with Gasteiger partial charge in [0.25, 0.3) is 5.91 Å².